The topological polar surface area (TPSA) is 57.7 Å². The van der Waals surface area contributed by atoms with Gasteiger partial charge in [0.15, 0.2) is 0 Å². The standard InChI is InChI=1S/C16H16Cl2N2O3/c17-12-7-4-8-13(18)11(12)9-19-14(21)15(22)20(16(19)23)10-5-2-1-3-6-10/h4,7-8,10H,1-3,5-6,9H2. The number of urea groups is 1. The number of carbonyl (C=O) groups excluding carboxylic acids is 3. The predicted octanol–water partition coefficient (Wildman–Crippen LogP) is 3.62. The third kappa shape index (κ3) is 2.95. The fraction of sp³-hybridized carbons (Fsp3) is 0.438. The van der Waals surface area contributed by atoms with Crippen LogP contribution in [0.3, 0.4) is 0 Å². The van der Waals surface area contributed by atoms with Gasteiger partial charge in [0.05, 0.1) is 6.54 Å². The second kappa shape index (κ2) is 6.49. The number of halogens is 2. The summed E-state index contributed by atoms with van der Waals surface area (Å²) in [6.07, 6.45) is 4.54. The molecular formula is C16H16Cl2N2O3. The smallest absolute Gasteiger partial charge is 0.263 e. The Labute approximate surface area is 144 Å². The number of hydrogen-bond acceptors (Lipinski definition) is 3. The number of carbonyl (C=O) groups is 3. The first-order chi connectivity index (χ1) is 11.0. The highest BCUT2D eigenvalue weighted by Gasteiger charge is 2.47. The molecule has 0 atom stereocenters. The van der Waals surface area contributed by atoms with Gasteiger partial charge in [0.25, 0.3) is 0 Å². The monoisotopic (exact) mass is 354 g/mol. The first-order valence-electron chi connectivity index (χ1n) is 7.62. The molecule has 0 bridgehead atoms. The summed E-state index contributed by atoms with van der Waals surface area (Å²) in [7, 11) is 0. The van der Waals surface area contributed by atoms with Crippen LogP contribution in [-0.4, -0.2) is 33.7 Å². The van der Waals surface area contributed by atoms with Gasteiger partial charge in [-0.3, -0.25) is 19.4 Å². The lowest BCUT2D eigenvalue weighted by Crippen LogP contribution is -2.42. The Balaban J connectivity index is 1.84. The average Bonchev–Trinajstić information content (AvgIpc) is 2.75. The van der Waals surface area contributed by atoms with Gasteiger partial charge in [0.2, 0.25) is 0 Å². The molecule has 1 heterocycles. The molecule has 1 saturated carbocycles. The molecule has 7 heteroatoms. The second-order valence-electron chi connectivity index (χ2n) is 5.84. The first kappa shape index (κ1) is 16.3. The van der Waals surface area contributed by atoms with Gasteiger partial charge >= 0.3 is 17.8 Å². The van der Waals surface area contributed by atoms with E-state index in [-0.39, 0.29) is 12.6 Å². The zero-order valence-corrected chi connectivity index (χ0v) is 13.9. The molecule has 1 aliphatic heterocycles. The summed E-state index contributed by atoms with van der Waals surface area (Å²) in [6, 6.07) is 4.20. The van der Waals surface area contributed by atoms with E-state index in [1.165, 1.54) is 0 Å². The largest absolute Gasteiger partial charge is 0.334 e. The fourth-order valence-electron chi connectivity index (χ4n) is 3.16. The average molecular weight is 355 g/mol. The van der Waals surface area contributed by atoms with Crippen LogP contribution in [0, 0.1) is 0 Å². The van der Waals surface area contributed by atoms with Crippen LogP contribution in [0.2, 0.25) is 10.0 Å². The molecule has 0 aromatic heterocycles. The zero-order valence-electron chi connectivity index (χ0n) is 12.4. The summed E-state index contributed by atoms with van der Waals surface area (Å²) >= 11 is 12.2. The molecule has 1 aliphatic carbocycles. The Bertz CT molecular complexity index is 651. The van der Waals surface area contributed by atoms with Gasteiger partial charge in [0, 0.05) is 21.7 Å². The van der Waals surface area contributed by atoms with Gasteiger partial charge in [-0.25, -0.2) is 4.79 Å². The minimum Gasteiger partial charge on any atom is -0.263 e. The molecule has 0 radical (unpaired) electrons. The van der Waals surface area contributed by atoms with Crippen molar-refractivity contribution < 1.29 is 14.4 Å². The van der Waals surface area contributed by atoms with Crippen LogP contribution in [0.25, 0.3) is 0 Å². The molecule has 5 nitrogen and oxygen atoms in total. The molecule has 4 amide bonds. The molecule has 2 fully saturated rings. The Hall–Kier alpha value is -1.59. The van der Waals surface area contributed by atoms with E-state index in [9.17, 15) is 14.4 Å². The summed E-state index contributed by atoms with van der Waals surface area (Å²) in [4.78, 5) is 39.1. The fourth-order valence-corrected chi connectivity index (χ4v) is 3.68. The van der Waals surface area contributed by atoms with E-state index in [0.29, 0.717) is 15.6 Å². The van der Waals surface area contributed by atoms with Crippen LogP contribution in [0.1, 0.15) is 37.7 Å². The summed E-state index contributed by atoms with van der Waals surface area (Å²) < 4.78 is 0. The van der Waals surface area contributed by atoms with Crippen LogP contribution in [0.4, 0.5) is 4.79 Å². The summed E-state index contributed by atoms with van der Waals surface area (Å²) in [5, 5.41) is 0.725. The molecule has 0 N–H and O–H groups in total. The highest BCUT2D eigenvalue weighted by Crippen LogP contribution is 2.30. The number of nitrogens with zero attached hydrogens (tertiary/aromatic N) is 2. The maximum atomic E-state index is 12.6. The SMILES string of the molecule is O=C1C(=O)N(C2CCCCC2)C(=O)N1Cc1c(Cl)cccc1Cl. The van der Waals surface area contributed by atoms with E-state index in [0.717, 1.165) is 41.9 Å². The Morgan fingerprint density at radius 2 is 1.57 bits per heavy atom. The molecule has 2 aliphatic rings. The lowest BCUT2D eigenvalue weighted by atomic mass is 9.94. The van der Waals surface area contributed by atoms with Crippen LogP contribution in [-0.2, 0) is 16.1 Å². The highest BCUT2D eigenvalue weighted by atomic mass is 35.5. The highest BCUT2D eigenvalue weighted by molar-refractivity contribution is 6.44. The number of hydrogen-bond donors (Lipinski definition) is 0. The number of amides is 4. The van der Waals surface area contributed by atoms with Crippen LogP contribution in [0.15, 0.2) is 18.2 Å². The lowest BCUT2D eigenvalue weighted by Gasteiger charge is -2.28. The Morgan fingerprint density at radius 3 is 2.17 bits per heavy atom. The number of benzene rings is 1. The molecule has 1 aromatic carbocycles. The summed E-state index contributed by atoms with van der Waals surface area (Å²) in [5.74, 6) is -1.55. The Morgan fingerprint density at radius 1 is 0.957 bits per heavy atom. The van der Waals surface area contributed by atoms with Crippen molar-refractivity contribution in [1.82, 2.24) is 9.80 Å². The molecule has 122 valence electrons. The van der Waals surface area contributed by atoms with Crippen molar-refractivity contribution in [2.24, 2.45) is 0 Å². The second-order valence-corrected chi connectivity index (χ2v) is 6.66. The van der Waals surface area contributed by atoms with E-state index in [2.05, 4.69) is 0 Å². The van der Waals surface area contributed by atoms with Crippen LogP contribution < -0.4 is 0 Å². The van der Waals surface area contributed by atoms with Crippen molar-refractivity contribution >= 4 is 41.0 Å². The van der Waals surface area contributed by atoms with Crippen molar-refractivity contribution in [3.63, 3.8) is 0 Å². The summed E-state index contributed by atoms with van der Waals surface area (Å²) in [5.41, 5.74) is 0.468. The Kier molecular flexibility index (Phi) is 4.60. The molecule has 23 heavy (non-hydrogen) atoms. The van der Waals surface area contributed by atoms with Crippen LogP contribution >= 0.6 is 23.2 Å². The summed E-state index contributed by atoms with van der Waals surface area (Å²) in [6.45, 7) is -0.0921. The maximum absolute atomic E-state index is 12.6. The van der Waals surface area contributed by atoms with E-state index in [1.54, 1.807) is 18.2 Å². The number of imide groups is 2. The predicted molar refractivity (Wildman–Crippen MR) is 86.1 cm³/mol. The third-order valence-corrected chi connectivity index (χ3v) is 5.11. The third-order valence-electron chi connectivity index (χ3n) is 4.40. The van der Waals surface area contributed by atoms with Crippen molar-refractivity contribution in [2.45, 2.75) is 44.7 Å². The minimum atomic E-state index is -0.809. The van der Waals surface area contributed by atoms with Gasteiger partial charge in [-0.2, -0.15) is 0 Å². The van der Waals surface area contributed by atoms with E-state index >= 15 is 0 Å². The molecule has 1 saturated heterocycles. The molecule has 0 spiro atoms. The molecule has 0 unspecified atom stereocenters. The first-order valence-corrected chi connectivity index (χ1v) is 8.38. The van der Waals surface area contributed by atoms with Crippen molar-refractivity contribution in [3.8, 4) is 0 Å². The maximum Gasteiger partial charge on any atom is 0.334 e. The van der Waals surface area contributed by atoms with Crippen LogP contribution in [0.5, 0.6) is 0 Å². The van der Waals surface area contributed by atoms with Crippen molar-refractivity contribution in [2.75, 3.05) is 0 Å². The van der Waals surface area contributed by atoms with Gasteiger partial charge in [0.1, 0.15) is 0 Å². The van der Waals surface area contributed by atoms with E-state index < -0.39 is 17.8 Å². The van der Waals surface area contributed by atoms with Crippen molar-refractivity contribution in [1.29, 1.82) is 0 Å². The molecule has 1 aromatic rings. The van der Waals surface area contributed by atoms with E-state index in [4.69, 9.17) is 23.2 Å². The van der Waals surface area contributed by atoms with Gasteiger partial charge < -0.3 is 0 Å². The van der Waals surface area contributed by atoms with E-state index in [1.807, 2.05) is 0 Å². The number of rotatable bonds is 3. The molecular weight excluding hydrogens is 339 g/mol. The quantitative estimate of drug-likeness (QED) is 0.615. The zero-order chi connectivity index (χ0) is 16.6. The molecule has 3 rings (SSSR count). The van der Waals surface area contributed by atoms with Crippen molar-refractivity contribution in [3.05, 3.63) is 33.8 Å². The lowest BCUT2D eigenvalue weighted by molar-refractivity contribution is -0.144. The minimum absolute atomic E-state index is 0.0921. The van der Waals surface area contributed by atoms with Gasteiger partial charge in [-0.15, -0.1) is 0 Å². The normalized spacial score (nSPS) is 19.8. The van der Waals surface area contributed by atoms with Gasteiger partial charge in [-0.05, 0) is 25.0 Å². The van der Waals surface area contributed by atoms with Gasteiger partial charge in [-0.1, -0.05) is 48.5 Å².